The van der Waals surface area contributed by atoms with Crippen LogP contribution in [0, 0.1) is 0 Å². The number of furan rings is 2. The monoisotopic (exact) mass is 220 g/mol. The summed E-state index contributed by atoms with van der Waals surface area (Å²) in [5.74, 6) is 2.18. The Balaban J connectivity index is 0.000000160. The summed E-state index contributed by atoms with van der Waals surface area (Å²) in [7, 11) is 0. The van der Waals surface area contributed by atoms with Gasteiger partial charge in [0.15, 0.2) is 0 Å². The third-order valence-electron chi connectivity index (χ3n) is 2.15. The molecule has 0 aliphatic carbocycles. The molecule has 2 heterocycles. The molecule has 0 bridgehead atoms. The molecular formula is C14H20O2. The Morgan fingerprint density at radius 3 is 1.50 bits per heavy atom. The lowest BCUT2D eigenvalue weighted by molar-refractivity contribution is 0.506. The van der Waals surface area contributed by atoms with E-state index in [9.17, 15) is 0 Å². The lowest BCUT2D eigenvalue weighted by atomic mass is 10.3. The highest BCUT2D eigenvalue weighted by atomic mass is 16.3. The topological polar surface area (TPSA) is 26.3 Å². The van der Waals surface area contributed by atoms with Gasteiger partial charge in [-0.15, -0.1) is 0 Å². The molecule has 0 aliphatic rings. The van der Waals surface area contributed by atoms with Gasteiger partial charge in [0, 0.05) is 12.8 Å². The molecule has 0 saturated heterocycles. The standard InChI is InChI=1S/2C7H10O/c2*1-2-4-7-5-3-6-8-7/h2*3,5-6H,2,4H2,1H3. The normalized spacial score (nSPS) is 9.62. The second-order valence-corrected chi connectivity index (χ2v) is 3.66. The second kappa shape index (κ2) is 7.80. The van der Waals surface area contributed by atoms with Crippen LogP contribution in [0.15, 0.2) is 45.6 Å². The van der Waals surface area contributed by atoms with Crippen molar-refractivity contribution in [2.75, 3.05) is 0 Å². The van der Waals surface area contributed by atoms with Gasteiger partial charge >= 0.3 is 0 Å². The van der Waals surface area contributed by atoms with Crippen LogP contribution in [0.1, 0.15) is 38.2 Å². The molecule has 0 fully saturated rings. The fourth-order valence-electron chi connectivity index (χ4n) is 1.40. The zero-order valence-corrected chi connectivity index (χ0v) is 10.1. The number of hydrogen-bond acceptors (Lipinski definition) is 2. The molecule has 2 aromatic heterocycles. The lowest BCUT2D eigenvalue weighted by Crippen LogP contribution is -1.73. The van der Waals surface area contributed by atoms with Gasteiger partial charge in [-0.3, -0.25) is 0 Å². The van der Waals surface area contributed by atoms with Crippen molar-refractivity contribution in [2.45, 2.75) is 39.5 Å². The number of aryl methyl sites for hydroxylation is 2. The van der Waals surface area contributed by atoms with Gasteiger partial charge in [-0.1, -0.05) is 13.8 Å². The zero-order valence-electron chi connectivity index (χ0n) is 10.1. The van der Waals surface area contributed by atoms with Gasteiger partial charge in [0.05, 0.1) is 12.5 Å². The van der Waals surface area contributed by atoms with Crippen molar-refractivity contribution in [3.05, 3.63) is 48.3 Å². The summed E-state index contributed by atoms with van der Waals surface area (Å²) < 4.78 is 10.1. The largest absolute Gasteiger partial charge is 0.469 e. The quantitative estimate of drug-likeness (QED) is 0.760. The van der Waals surface area contributed by atoms with E-state index >= 15 is 0 Å². The van der Waals surface area contributed by atoms with E-state index < -0.39 is 0 Å². The van der Waals surface area contributed by atoms with Crippen LogP contribution in [0.5, 0.6) is 0 Å². The summed E-state index contributed by atoms with van der Waals surface area (Å²) in [5, 5.41) is 0. The van der Waals surface area contributed by atoms with Crippen molar-refractivity contribution in [1.29, 1.82) is 0 Å². The van der Waals surface area contributed by atoms with Gasteiger partial charge in [-0.2, -0.15) is 0 Å². The van der Waals surface area contributed by atoms with Crippen LogP contribution < -0.4 is 0 Å². The maximum absolute atomic E-state index is 5.07. The van der Waals surface area contributed by atoms with Gasteiger partial charge < -0.3 is 8.83 Å². The highest BCUT2D eigenvalue weighted by Crippen LogP contribution is 2.02. The molecule has 0 aliphatic heterocycles. The maximum atomic E-state index is 5.07. The molecular weight excluding hydrogens is 200 g/mol. The van der Waals surface area contributed by atoms with Crippen molar-refractivity contribution in [3.63, 3.8) is 0 Å². The van der Waals surface area contributed by atoms with Gasteiger partial charge in [0.1, 0.15) is 11.5 Å². The minimum Gasteiger partial charge on any atom is -0.469 e. The fourth-order valence-corrected chi connectivity index (χ4v) is 1.40. The first kappa shape index (κ1) is 12.6. The van der Waals surface area contributed by atoms with Crippen molar-refractivity contribution in [3.8, 4) is 0 Å². The average molecular weight is 220 g/mol. The molecule has 2 aromatic rings. The zero-order chi connectivity index (χ0) is 11.6. The minimum atomic E-state index is 1.06. The Bertz CT molecular complexity index is 296. The summed E-state index contributed by atoms with van der Waals surface area (Å²) in [6.07, 6.45) is 7.87. The maximum Gasteiger partial charge on any atom is 0.103 e. The first-order chi connectivity index (χ1) is 7.86. The summed E-state index contributed by atoms with van der Waals surface area (Å²) in [6, 6.07) is 7.85. The van der Waals surface area contributed by atoms with Gasteiger partial charge in [-0.25, -0.2) is 0 Å². The molecule has 16 heavy (non-hydrogen) atoms. The first-order valence-corrected chi connectivity index (χ1v) is 5.91. The van der Waals surface area contributed by atoms with E-state index in [1.807, 2.05) is 24.3 Å². The number of rotatable bonds is 4. The average Bonchev–Trinajstić information content (AvgIpc) is 2.92. The van der Waals surface area contributed by atoms with Crippen LogP contribution in [-0.2, 0) is 12.8 Å². The van der Waals surface area contributed by atoms with E-state index in [0.29, 0.717) is 0 Å². The van der Waals surface area contributed by atoms with Gasteiger partial charge in [-0.05, 0) is 37.1 Å². The Hall–Kier alpha value is -1.44. The summed E-state index contributed by atoms with van der Waals surface area (Å²) in [6.45, 7) is 4.28. The molecule has 0 N–H and O–H groups in total. The predicted molar refractivity (Wildman–Crippen MR) is 65.4 cm³/mol. The van der Waals surface area contributed by atoms with Crippen molar-refractivity contribution in [2.24, 2.45) is 0 Å². The summed E-state index contributed by atoms with van der Waals surface area (Å²) >= 11 is 0. The highest BCUT2D eigenvalue weighted by molar-refractivity contribution is 4.98. The van der Waals surface area contributed by atoms with Crippen molar-refractivity contribution < 1.29 is 8.83 Å². The molecule has 88 valence electrons. The molecule has 2 heteroatoms. The van der Waals surface area contributed by atoms with Gasteiger partial charge in [0.2, 0.25) is 0 Å². The Labute approximate surface area is 97.3 Å². The number of hydrogen-bond donors (Lipinski definition) is 0. The van der Waals surface area contributed by atoms with Gasteiger partial charge in [0.25, 0.3) is 0 Å². The summed E-state index contributed by atoms with van der Waals surface area (Å²) in [4.78, 5) is 0. The highest BCUT2D eigenvalue weighted by Gasteiger charge is 1.89. The predicted octanol–water partition coefficient (Wildman–Crippen LogP) is 4.46. The SMILES string of the molecule is CCCc1ccco1.CCCc1ccco1. The molecule has 0 amide bonds. The third-order valence-corrected chi connectivity index (χ3v) is 2.15. The molecule has 0 aromatic carbocycles. The Morgan fingerprint density at radius 2 is 1.25 bits per heavy atom. The van der Waals surface area contributed by atoms with E-state index in [4.69, 9.17) is 8.83 Å². The second-order valence-electron chi connectivity index (χ2n) is 3.66. The molecule has 0 unspecified atom stereocenters. The van der Waals surface area contributed by atoms with E-state index in [1.54, 1.807) is 12.5 Å². The molecule has 0 radical (unpaired) electrons. The molecule has 0 spiro atoms. The van der Waals surface area contributed by atoms with Crippen LogP contribution in [-0.4, -0.2) is 0 Å². The lowest BCUT2D eigenvalue weighted by Gasteiger charge is -1.85. The first-order valence-electron chi connectivity index (χ1n) is 5.91. The smallest absolute Gasteiger partial charge is 0.103 e. The minimum absolute atomic E-state index is 1.06. The van der Waals surface area contributed by atoms with Crippen LogP contribution in [0.4, 0.5) is 0 Å². The third kappa shape index (κ3) is 4.87. The molecule has 0 saturated carbocycles. The van der Waals surface area contributed by atoms with Crippen molar-refractivity contribution in [1.82, 2.24) is 0 Å². The van der Waals surface area contributed by atoms with E-state index in [1.165, 1.54) is 0 Å². The van der Waals surface area contributed by atoms with E-state index in [2.05, 4.69) is 13.8 Å². The van der Waals surface area contributed by atoms with Crippen LogP contribution in [0.2, 0.25) is 0 Å². The van der Waals surface area contributed by atoms with Crippen LogP contribution in [0.3, 0.4) is 0 Å². The molecule has 2 nitrogen and oxygen atoms in total. The van der Waals surface area contributed by atoms with Crippen LogP contribution >= 0.6 is 0 Å². The van der Waals surface area contributed by atoms with Crippen LogP contribution in [0.25, 0.3) is 0 Å². The Kier molecular flexibility index (Phi) is 6.16. The van der Waals surface area contributed by atoms with E-state index in [-0.39, 0.29) is 0 Å². The molecule has 0 atom stereocenters. The molecule has 2 rings (SSSR count). The van der Waals surface area contributed by atoms with Crippen molar-refractivity contribution >= 4 is 0 Å². The van der Waals surface area contributed by atoms with E-state index in [0.717, 1.165) is 37.2 Å². The fraction of sp³-hybridized carbons (Fsp3) is 0.429. The summed E-state index contributed by atoms with van der Waals surface area (Å²) in [5.41, 5.74) is 0. The Morgan fingerprint density at radius 1 is 0.812 bits per heavy atom.